The quantitative estimate of drug-likeness (QED) is 0.140. The van der Waals surface area contributed by atoms with E-state index in [2.05, 4.69) is 257 Å². The Balaban J connectivity index is 1.12. The van der Waals surface area contributed by atoms with Gasteiger partial charge in [0.25, 0.3) is 0 Å². The predicted octanol–water partition coefficient (Wildman–Crippen LogP) is 18.6. The van der Waals surface area contributed by atoms with Crippen LogP contribution in [0, 0.1) is 24.8 Å². The van der Waals surface area contributed by atoms with Crippen LogP contribution in [0.4, 0.5) is 5.69 Å². The van der Waals surface area contributed by atoms with Gasteiger partial charge in [0.15, 0.2) is 5.69 Å². The number of hydrogen-bond acceptors (Lipinski definition) is 1. The Morgan fingerprint density at radius 3 is 1.14 bits per heavy atom. The molecule has 0 amide bonds. The number of nitriles is 1. The minimum absolute atomic E-state index is 0.553. The number of aryl methyl sites for hydroxylation is 1. The lowest BCUT2D eigenvalue weighted by Gasteiger charge is -2.21. The molecule has 0 aliphatic heterocycles. The molecule has 2 aromatic heterocycles. The van der Waals surface area contributed by atoms with Gasteiger partial charge in [-0.25, -0.2) is 4.85 Å². The van der Waals surface area contributed by atoms with Crippen molar-refractivity contribution in [2.24, 2.45) is 0 Å². The molecule has 13 aromatic rings. The predicted molar refractivity (Wildman–Crippen MR) is 303 cm³/mol. The first-order valence-electron chi connectivity index (χ1n) is 24.6. The van der Waals surface area contributed by atoms with E-state index < -0.39 is 0 Å². The van der Waals surface area contributed by atoms with Gasteiger partial charge in [0.1, 0.15) is 0 Å². The monoisotopic (exact) mass is 928 g/mol. The van der Waals surface area contributed by atoms with Crippen molar-refractivity contribution in [2.45, 2.75) is 6.92 Å². The second-order valence-electron chi connectivity index (χ2n) is 18.7. The third-order valence-electron chi connectivity index (χ3n) is 14.5. The molecule has 0 aliphatic carbocycles. The highest BCUT2D eigenvalue weighted by molar-refractivity contribution is 6.14. The van der Waals surface area contributed by atoms with Gasteiger partial charge in [-0.15, -0.1) is 0 Å². The van der Waals surface area contributed by atoms with E-state index in [0.717, 1.165) is 127 Å². The van der Waals surface area contributed by atoms with Crippen molar-refractivity contribution < 1.29 is 0 Å². The van der Waals surface area contributed by atoms with Crippen molar-refractivity contribution in [3.8, 4) is 84.2 Å². The maximum atomic E-state index is 9.88. The largest absolute Gasteiger partial charge is 0.309 e. The topological polar surface area (TPSA) is 38.0 Å². The normalized spacial score (nSPS) is 11.3. The number of aromatic nitrogens is 2. The molecule has 0 spiro atoms. The summed E-state index contributed by atoms with van der Waals surface area (Å²) in [5, 5.41) is 14.4. The number of rotatable bonds is 8. The van der Waals surface area contributed by atoms with Gasteiger partial charge >= 0.3 is 0 Å². The van der Waals surface area contributed by atoms with Crippen LogP contribution in [0.3, 0.4) is 0 Å². The molecule has 0 saturated heterocycles. The summed E-state index contributed by atoms with van der Waals surface area (Å²) in [5.41, 5.74) is 21.6. The van der Waals surface area contributed by atoms with Crippen molar-refractivity contribution in [1.82, 2.24) is 9.13 Å². The summed E-state index contributed by atoms with van der Waals surface area (Å²) in [7, 11) is 0. The minimum Gasteiger partial charge on any atom is -0.309 e. The number of nitrogens with zero attached hydrogens (tertiary/aromatic N) is 4. The van der Waals surface area contributed by atoms with Crippen molar-refractivity contribution >= 4 is 49.3 Å². The Kier molecular flexibility index (Phi) is 10.5. The van der Waals surface area contributed by atoms with E-state index in [1.807, 2.05) is 18.2 Å². The van der Waals surface area contributed by atoms with E-state index in [-0.39, 0.29) is 0 Å². The van der Waals surface area contributed by atoms with Crippen LogP contribution < -0.4 is 0 Å². The number of fused-ring (bicyclic) bond motifs is 6. The lowest BCUT2D eigenvalue weighted by atomic mass is 9.93. The zero-order valence-corrected chi connectivity index (χ0v) is 40.0. The zero-order chi connectivity index (χ0) is 49.0. The average Bonchev–Trinajstić information content (AvgIpc) is 3.97. The van der Waals surface area contributed by atoms with Crippen LogP contribution in [0.1, 0.15) is 11.1 Å². The first-order chi connectivity index (χ1) is 36.0. The maximum Gasteiger partial charge on any atom is 0.188 e. The van der Waals surface area contributed by atoms with Crippen molar-refractivity contribution in [2.75, 3.05) is 0 Å². The number of benzene rings is 11. The van der Waals surface area contributed by atoms with Crippen LogP contribution >= 0.6 is 0 Å². The summed E-state index contributed by atoms with van der Waals surface area (Å²) in [4.78, 5) is 4.06. The van der Waals surface area contributed by atoms with Crippen LogP contribution in [0.2, 0.25) is 0 Å². The van der Waals surface area contributed by atoms with Gasteiger partial charge in [-0.05, 0) is 153 Å². The van der Waals surface area contributed by atoms with E-state index in [9.17, 15) is 5.26 Å². The molecule has 0 N–H and O–H groups in total. The molecule has 13 rings (SSSR count). The highest BCUT2D eigenvalue weighted by Crippen LogP contribution is 2.46. The van der Waals surface area contributed by atoms with Crippen LogP contribution in [0.25, 0.3) is 127 Å². The lowest BCUT2D eigenvalue weighted by molar-refractivity contribution is 1.16. The summed E-state index contributed by atoms with van der Waals surface area (Å²) in [5.74, 6) is 0. The molecular formula is C69H44N4. The standard InChI is InChI=1S/C69H44N4/c1-45-37-46(44-70)23-30-57(45)55-24-31-58(69(42-55)73-66-34-27-53(49-19-11-5-12-20-49)40-61(66)62-41-54(28-35-67(62)73)50-21-13-6-14-22-50)63-43-56(71-2)29-36-68(63)72-64-32-25-51(47-15-7-3-8-16-47)38-59(64)60-39-52(26-33-65(60)72)48-17-9-4-10-18-48/h3-43H,1H3. The molecule has 73 heavy (non-hydrogen) atoms. The SMILES string of the molecule is [C-]#[N+]c1ccc(-n2c3ccc(-c4ccccc4)cc3c3cc(-c4ccccc4)ccc32)c(-c2ccc(-c3ccc(C#N)cc3C)cc2-n2c3ccc(-c4ccccc4)cc3c3cc(-c4ccccc4)ccc32)c1. The molecule has 340 valence electrons. The van der Waals surface area contributed by atoms with Gasteiger partial charge in [0, 0.05) is 27.1 Å². The van der Waals surface area contributed by atoms with Gasteiger partial charge in [-0.3, -0.25) is 0 Å². The lowest BCUT2D eigenvalue weighted by Crippen LogP contribution is -2.02. The van der Waals surface area contributed by atoms with Crippen LogP contribution in [-0.4, -0.2) is 9.13 Å². The van der Waals surface area contributed by atoms with Crippen LogP contribution in [0.5, 0.6) is 0 Å². The van der Waals surface area contributed by atoms with E-state index in [1.54, 1.807) is 0 Å². The first-order valence-corrected chi connectivity index (χ1v) is 24.6. The Bertz CT molecular complexity index is 4180. The fraction of sp³-hybridized carbons (Fsp3) is 0.0145. The molecular weight excluding hydrogens is 885 g/mol. The molecule has 2 heterocycles. The smallest absolute Gasteiger partial charge is 0.188 e. The van der Waals surface area contributed by atoms with Crippen molar-refractivity contribution in [3.05, 3.63) is 271 Å². The van der Waals surface area contributed by atoms with Gasteiger partial charge in [0.05, 0.1) is 51.6 Å². The zero-order valence-electron chi connectivity index (χ0n) is 40.0. The third-order valence-corrected chi connectivity index (χ3v) is 14.5. The Hall–Kier alpha value is -10.0. The van der Waals surface area contributed by atoms with Crippen molar-refractivity contribution in [3.63, 3.8) is 0 Å². The fourth-order valence-electron chi connectivity index (χ4n) is 11.0. The molecule has 0 atom stereocenters. The van der Waals surface area contributed by atoms with E-state index in [1.165, 1.54) is 0 Å². The molecule has 11 aromatic carbocycles. The summed E-state index contributed by atoms with van der Waals surface area (Å²) < 4.78 is 4.81. The highest BCUT2D eigenvalue weighted by atomic mass is 15.0. The highest BCUT2D eigenvalue weighted by Gasteiger charge is 2.23. The van der Waals surface area contributed by atoms with Crippen LogP contribution in [-0.2, 0) is 0 Å². The summed E-state index contributed by atoms with van der Waals surface area (Å²) in [6, 6.07) is 90.8. The van der Waals surface area contributed by atoms with Gasteiger partial charge in [0.2, 0.25) is 0 Å². The summed E-state index contributed by atoms with van der Waals surface area (Å²) in [6.07, 6.45) is 0. The molecule has 0 radical (unpaired) electrons. The summed E-state index contributed by atoms with van der Waals surface area (Å²) in [6.45, 7) is 10.5. The van der Waals surface area contributed by atoms with Crippen molar-refractivity contribution in [1.29, 1.82) is 5.26 Å². The van der Waals surface area contributed by atoms with Gasteiger partial charge in [-0.1, -0.05) is 170 Å². The van der Waals surface area contributed by atoms with E-state index in [0.29, 0.717) is 11.3 Å². The van der Waals surface area contributed by atoms with E-state index >= 15 is 0 Å². The molecule has 4 heteroatoms. The molecule has 4 nitrogen and oxygen atoms in total. The Morgan fingerprint density at radius 1 is 0.342 bits per heavy atom. The fourth-order valence-corrected chi connectivity index (χ4v) is 11.0. The molecule has 0 fully saturated rings. The molecule has 0 aliphatic rings. The third kappa shape index (κ3) is 7.46. The molecule has 0 saturated carbocycles. The first kappa shape index (κ1) is 43.1. The van der Waals surface area contributed by atoms with Gasteiger partial charge < -0.3 is 9.13 Å². The van der Waals surface area contributed by atoms with E-state index in [4.69, 9.17) is 6.57 Å². The van der Waals surface area contributed by atoms with Gasteiger partial charge in [-0.2, -0.15) is 5.26 Å². The Labute approximate surface area is 424 Å². The summed E-state index contributed by atoms with van der Waals surface area (Å²) >= 11 is 0. The molecule has 0 unspecified atom stereocenters. The second kappa shape index (κ2) is 17.8. The number of hydrogen-bond donors (Lipinski definition) is 0. The maximum absolute atomic E-state index is 9.88. The molecule has 0 bridgehead atoms. The second-order valence-corrected chi connectivity index (χ2v) is 18.7. The Morgan fingerprint density at radius 2 is 0.740 bits per heavy atom. The average molecular weight is 929 g/mol. The van der Waals surface area contributed by atoms with Crippen LogP contribution in [0.15, 0.2) is 249 Å². The minimum atomic E-state index is 0.553.